The number of hydrogen-bond acceptors (Lipinski definition) is 5. The third kappa shape index (κ3) is 2.08. The Morgan fingerprint density at radius 1 is 1.33 bits per heavy atom. The standard InChI is InChI=1S/C15H15N5O/c1-10-8-14(20-15(18-10)16-9-17-20)19-12-6-7-21-13-5-3-2-4-11(12)13/h2-5,8-9,12,19H,6-7H2,1H3/t12-/m1/s1. The normalized spacial score (nSPS) is 17.3. The number of benzene rings is 1. The van der Waals surface area contributed by atoms with Crippen LogP contribution in [0.1, 0.15) is 23.7 Å². The van der Waals surface area contributed by atoms with E-state index in [0.717, 1.165) is 23.7 Å². The van der Waals surface area contributed by atoms with Crippen LogP contribution in [-0.2, 0) is 0 Å². The first-order chi connectivity index (χ1) is 10.3. The lowest BCUT2D eigenvalue weighted by atomic mass is 10.0. The van der Waals surface area contributed by atoms with Gasteiger partial charge in [-0.2, -0.15) is 14.6 Å². The van der Waals surface area contributed by atoms with Crippen LogP contribution in [0.5, 0.6) is 5.75 Å². The summed E-state index contributed by atoms with van der Waals surface area (Å²) < 4.78 is 7.43. The number of para-hydroxylation sites is 1. The van der Waals surface area contributed by atoms with Gasteiger partial charge in [-0.05, 0) is 13.0 Å². The molecule has 3 aromatic rings. The summed E-state index contributed by atoms with van der Waals surface area (Å²) in [6.45, 7) is 2.66. The predicted molar refractivity (Wildman–Crippen MR) is 78.4 cm³/mol. The van der Waals surface area contributed by atoms with Crippen LogP contribution in [0.3, 0.4) is 0 Å². The molecule has 0 aliphatic carbocycles. The minimum atomic E-state index is 0.198. The van der Waals surface area contributed by atoms with Gasteiger partial charge in [0, 0.05) is 23.7 Å². The third-order valence-corrected chi connectivity index (χ3v) is 3.66. The molecule has 106 valence electrons. The summed E-state index contributed by atoms with van der Waals surface area (Å²) in [5.74, 6) is 2.46. The molecule has 1 aliphatic heterocycles. The van der Waals surface area contributed by atoms with E-state index in [9.17, 15) is 0 Å². The van der Waals surface area contributed by atoms with Crippen LogP contribution in [0.15, 0.2) is 36.7 Å². The highest BCUT2D eigenvalue weighted by Gasteiger charge is 2.22. The number of fused-ring (bicyclic) bond motifs is 2. The summed E-state index contributed by atoms with van der Waals surface area (Å²) >= 11 is 0. The van der Waals surface area contributed by atoms with Gasteiger partial charge in [0.2, 0.25) is 0 Å². The van der Waals surface area contributed by atoms with Crippen LogP contribution in [-0.4, -0.2) is 26.2 Å². The van der Waals surface area contributed by atoms with Crippen LogP contribution >= 0.6 is 0 Å². The molecule has 0 saturated heterocycles. The van der Waals surface area contributed by atoms with Gasteiger partial charge in [-0.15, -0.1) is 0 Å². The first kappa shape index (κ1) is 12.1. The zero-order chi connectivity index (χ0) is 14.2. The Labute approximate surface area is 121 Å². The fourth-order valence-electron chi connectivity index (χ4n) is 2.70. The summed E-state index contributed by atoms with van der Waals surface area (Å²) in [6.07, 6.45) is 2.43. The lowest BCUT2D eigenvalue weighted by Crippen LogP contribution is -2.21. The number of ether oxygens (including phenoxy) is 1. The average Bonchev–Trinajstić information content (AvgIpc) is 2.96. The van der Waals surface area contributed by atoms with Crippen molar-refractivity contribution in [3.63, 3.8) is 0 Å². The maximum Gasteiger partial charge on any atom is 0.254 e. The molecule has 4 rings (SSSR count). The molecule has 2 aromatic heterocycles. The van der Waals surface area contributed by atoms with Crippen molar-refractivity contribution < 1.29 is 4.74 Å². The highest BCUT2D eigenvalue weighted by atomic mass is 16.5. The van der Waals surface area contributed by atoms with E-state index >= 15 is 0 Å². The summed E-state index contributed by atoms with van der Waals surface area (Å²) in [7, 11) is 0. The molecule has 0 fully saturated rings. The van der Waals surface area contributed by atoms with Gasteiger partial charge >= 0.3 is 0 Å². The monoisotopic (exact) mass is 281 g/mol. The zero-order valence-corrected chi connectivity index (χ0v) is 11.7. The van der Waals surface area contributed by atoms with Crippen LogP contribution in [0, 0.1) is 6.92 Å². The minimum Gasteiger partial charge on any atom is -0.493 e. The summed E-state index contributed by atoms with van der Waals surface area (Å²) in [5, 5.41) is 7.78. The molecular formula is C15H15N5O. The fourth-order valence-corrected chi connectivity index (χ4v) is 2.70. The molecule has 3 heterocycles. The summed E-state index contributed by atoms with van der Waals surface area (Å²) in [5.41, 5.74) is 2.09. The maximum absolute atomic E-state index is 5.70. The smallest absolute Gasteiger partial charge is 0.254 e. The van der Waals surface area contributed by atoms with Gasteiger partial charge in [-0.1, -0.05) is 18.2 Å². The van der Waals surface area contributed by atoms with Crippen LogP contribution in [0.4, 0.5) is 5.82 Å². The van der Waals surface area contributed by atoms with Crippen molar-refractivity contribution >= 4 is 11.6 Å². The van der Waals surface area contributed by atoms with Gasteiger partial charge in [0.1, 0.15) is 17.9 Å². The summed E-state index contributed by atoms with van der Waals surface area (Å²) in [4.78, 5) is 8.51. The molecule has 1 N–H and O–H groups in total. The molecule has 6 heteroatoms. The second-order valence-corrected chi connectivity index (χ2v) is 5.13. The molecule has 0 spiro atoms. The number of anilines is 1. The molecule has 0 amide bonds. The second kappa shape index (κ2) is 4.73. The molecule has 0 saturated carbocycles. The molecule has 0 bridgehead atoms. The van der Waals surface area contributed by atoms with Crippen molar-refractivity contribution in [3.05, 3.63) is 47.9 Å². The van der Waals surface area contributed by atoms with Gasteiger partial charge in [-0.25, -0.2) is 4.98 Å². The van der Waals surface area contributed by atoms with Gasteiger partial charge < -0.3 is 10.1 Å². The Kier molecular flexibility index (Phi) is 2.73. The van der Waals surface area contributed by atoms with E-state index in [-0.39, 0.29) is 6.04 Å². The molecule has 1 aromatic carbocycles. The lowest BCUT2D eigenvalue weighted by Gasteiger charge is -2.27. The highest BCUT2D eigenvalue weighted by molar-refractivity contribution is 5.49. The van der Waals surface area contributed by atoms with Crippen molar-refractivity contribution in [3.8, 4) is 5.75 Å². The predicted octanol–water partition coefficient (Wildman–Crippen LogP) is 2.37. The van der Waals surface area contributed by atoms with Crippen LogP contribution in [0.25, 0.3) is 5.78 Å². The van der Waals surface area contributed by atoms with E-state index in [1.807, 2.05) is 31.2 Å². The SMILES string of the molecule is Cc1cc(N[C@@H]2CCOc3ccccc32)n2ncnc2n1. The van der Waals surface area contributed by atoms with E-state index < -0.39 is 0 Å². The molecule has 1 aliphatic rings. The number of rotatable bonds is 2. The van der Waals surface area contributed by atoms with Gasteiger partial charge in [-0.3, -0.25) is 0 Å². The topological polar surface area (TPSA) is 64.3 Å². The van der Waals surface area contributed by atoms with Crippen LogP contribution in [0.2, 0.25) is 0 Å². The van der Waals surface area contributed by atoms with E-state index in [4.69, 9.17) is 4.74 Å². The number of nitrogens with one attached hydrogen (secondary N) is 1. The van der Waals surface area contributed by atoms with Crippen molar-refractivity contribution in [1.82, 2.24) is 19.6 Å². The van der Waals surface area contributed by atoms with E-state index in [2.05, 4.69) is 26.4 Å². The number of nitrogens with zero attached hydrogens (tertiary/aromatic N) is 4. The van der Waals surface area contributed by atoms with E-state index in [0.29, 0.717) is 12.4 Å². The summed E-state index contributed by atoms with van der Waals surface area (Å²) in [6, 6.07) is 10.3. The Hall–Kier alpha value is -2.63. The highest BCUT2D eigenvalue weighted by Crippen LogP contribution is 2.33. The Morgan fingerprint density at radius 2 is 2.24 bits per heavy atom. The van der Waals surface area contributed by atoms with E-state index in [1.54, 1.807) is 4.52 Å². The van der Waals surface area contributed by atoms with E-state index in [1.165, 1.54) is 11.9 Å². The van der Waals surface area contributed by atoms with Crippen molar-refractivity contribution in [2.24, 2.45) is 0 Å². The first-order valence-electron chi connectivity index (χ1n) is 6.97. The number of aromatic nitrogens is 4. The number of aryl methyl sites for hydroxylation is 1. The lowest BCUT2D eigenvalue weighted by molar-refractivity contribution is 0.274. The van der Waals surface area contributed by atoms with Crippen molar-refractivity contribution in [2.45, 2.75) is 19.4 Å². The third-order valence-electron chi connectivity index (χ3n) is 3.66. The Morgan fingerprint density at radius 3 is 3.19 bits per heavy atom. The Balaban J connectivity index is 1.74. The second-order valence-electron chi connectivity index (χ2n) is 5.13. The van der Waals surface area contributed by atoms with Gasteiger partial charge in [0.15, 0.2) is 0 Å². The van der Waals surface area contributed by atoms with Gasteiger partial charge in [0.05, 0.1) is 12.6 Å². The van der Waals surface area contributed by atoms with Gasteiger partial charge in [0.25, 0.3) is 5.78 Å². The first-order valence-corrected chi connectivity index (χ1v) is 6.97. The minimum absolute atomic E-state index is 0.198. The quantitative estimate of drug-likeness (QED) is 0.781. The molecule has 0 unspecified atom stereocenters. The van der Waals surface area contributed by atoms with Crippen LogP contribution < -0.4 is 10.1 Å². The molecule has 1 atom stereocenters. The van der Waals surface area contributed by atoms with Crippen molar-refractivity contribution in [1.29, 1.82) is 0 Å². The number of hydrogen-bond donors (Lipinski definition) is 1. The fraction of sp³-hybridized carbons (Fsp3) is 0.267. The molecular weight excluding hydrogens is 266 g/mol. The molecule has 0 radical (unpaired) electrons. The largest absolute Gasteiger partial charge is 0.493 e. The molecule has 6 nitrogen and oxygen atoms in total. The molecule has 21 heavy (non-hydrogen) atoms. The Bertz CT molecular complexity index is 798. The average molecular weight is 281 g/mol. The zero-order valence-electron chi connectivity index (χ0n) is 11.7. The van der Waals surface area contributed by atoms with Crippen molar-refractivity contribution in [2.75, 3.05) is 11.9 Å². The maximum atomic E-state index is 5.70.